The van der Waals surface area contributed by atoms with Gasteiger partial charge in [-0.2, -0.15) is 0 Å². The van der Waals surface area contributed by atoms with E-state index in [1.165, 1.54) is 0 Å². The first-order valence-corrected chi connectivity index (χ1v) is 7.53. The maximum absolute atomic E-state index is 12.3. The molecule has 0 aliphatic carbocycles. The van der Waals surface area contributed by atoms with E-state index in [2.05, 4.69) is 10.2 Å². The molecule has 1 saturated heterocycles. The molecule has 0 saturated carbocycles. The summed E-state index contributed by atoms with van der Waals surface area (Å²) in [7, 11) is 0. The van der Waals surface area contributed by atoms with E-state index in [1.54, 1.807) is 0 Å². The normalized spacial score (nSPS) is 22.7. The fraction of sp³-hybridized carbons (Fsp3) is 0.562. The van der Waals surface area contributed by atoms with Gasteiger partial charge < -0.3 is 10.5 Å². The van der Waals surface area contributed by atoms with Crippen molar-refractivity contribution >= 4 is 5.91 Å². The van der Waals surface area contributed by atoms with Crippen molar-refractivity contribution in [2.45, 2.75) is 25.5 Å². The largest absolute Gasteiger partial charge is 0.376 e. The van der Waals surface area contributed by atoms with Crippen LogP contribution in [0.15, 0.2) is 30.3 Å². The lowest BCUT2D eigenvalue weighted by Crippen LogP contribution is -2.60. The Morgan fingerprint density at radius 2 is 2.19 bits per heavy atom. The number of carbonyl (C=O) groups excluding carboxylic acids is 1. The zero-order valence-electron chi connectivity index (χ0n) is 12.8. The van der Waals surface area contributed by atoms with Crippen LogP contribution in [0, 0.1) is 0 Å². The number of hydrogen-bond acceptors (Lipinski definition) is 4. The molecule has 2 rings (SSSR count). The van der Waals surface area contributed by atoms with Crippen molar-refractivity contribution in [1.29, 1.82) is 0 Å². The zero-order chi connectivity index (χ0) is 15.3. The van der Waals surface area contributed by atoms with Gasteiger partial charge in [0.15, 0.2) is 0 Å². The summed E-state index contributed by atoms with van der Waals surface area (Å²) < 4.78 is 5.57. The molecule has 0 bridgehead atoms. The van der Waals surface area contributed by atoms with E-state index >= 15 is 0 Å². The molecular formula is C16H25N3O2. The molecule has 1 aromatic carbocycles. The molecule has 2 atom stereocenters. The first-order chi connectivity index (χ1) is 10.1. The van der Waals surface area contributed by atoms with Crippen molar-refractivity contribution in [2.24, 2.45) is 5.73 Å². The summed E-state index contributed by atoms with van der Waals surface area (Å²) in [5, 5.41) is 3.32. The lowest BCUT2D eigenvalue weighted by Gasteiger charge is -2.40. The van der Waals surface area contributed by atoms with E-state index in [9.17, 15) is 4.79 Å². The Hall–Kier alpha value is -1.43. The summed E-state index contributed by atoms with van der Waals surface area (Å²) in [4.78, 5) is 14.5. The third kappa shape index (κ3) is 3.61. The number of nitrogens with one attached hydrogen (secondary N) is 1. The highest BCUT2D eigenvalue weighted by Gasteiger charge is 2.40. The van der Waals surface area contributed by atoms with Crippen molar-refractivity contribution in [3.8, 4) is 0 Å². The minimum Gasteiger partial charge on any atom is -0.376 e. The number of primary amides is 1. The highest BCUT2D eigenvalue weighted by molar-refractivity contribution is 5.86. The van der Waals surface area contributed by atoms with E-state index in [0.717, 1.165) is 18.7 Å². The highest BCUT2D eigenvalue weighted by Crippen LogP contribution is 2.23. The number of hydrogen-bond donors (Lipinski definition) is 2. The summed E-state index contributed by atoms with van der Waals surface area (Å²) in [5.74, 6) is -0.338. The van der Waals surface area contributed by atoms with Crippen LogP contribution in [0.1, 0.15) is 19.4 Å². The Bertz CT molecular complexity index is 466. The van der Waals surface area contributed by atoms with Crippen LogP contribution in [0.5, 0.6) is 0 Å². The second-order valence-corrected chi connectivity index (χ2v) is 5.58. The number of likely N-dealkylation sites (N-methyl/N-ethyl adjacent to an activating group) is 1. The van der Waals surface area contributed by atoms with Crippen molar-refractivity contribution in [1.82, 2.24) is 10.2 Å². The van der Waals surface area contributed by atoms with Gasteiger partial charge in [-0.3, -0.25) is 15.0 Å². The molecule has 5 heteroatoms. The van der Waals surface area contributed by atoms with Crippen LogP contribution in [0.3, 0.4) is 0 Å². The summed E-state index contributed by atoms with van der Waals surface area (Å²) in [6.07, 6.45) is 0.182. The van der Waals surface area contributed by atoms with Gasteiger partial charge in [0, 0.05) is 19.6 Å². The molecule has 0 aromatic heterocycles. The molecule has 116 valence electrons. The number of amides is 1. The number of morpholine rings is 1. The fourth-order valence-corrected chi connectivity index (χ4v) is 2.95. The van der Waals surface area contributed by atoms with E-state index < -0.39 is 5.54 Å². The lowest BCUT2D eigenvalue weighted by atomic mass is 9.88. The number of carbonyl (C=O) groups is 1. The van der Waals surface area contributed by atoms with E-state index in [-0.39, 0.29) is 12.0 Å². The Morgan fingerprint density at radius 3 is 2.76 bits per heavy atom. The Kier molecular flexibility index (Phi) is 5.33. The molecule has 1 fully saturated rings. The fourth-order valence-electron chi connectivity index (χ4n) is 2.95. The summed E-state index contributed by atoms with van der Waals surface area (Å²) in [6, 6.07) is 9.73. The van der Waals surface area contributed by atoms with Gasteiger partial charge in [-0.05, 0) is 19.0 Å². The second-order valence-electron chi connectivity index (χ2n) is 5.58. The van der Waals surface area contributed by atoms with Crippen LogP contribution in [0.2, 0.25) is 0 Å². The van der Waals surface area contributed by atoms with Crippen molar-refractivity contribution in [2.75, 3.05) is 32.8 Å². The van der Waals surface area contributed by atoms with Crippen LogP contribution in [0.4, 0.5) is 0 Å². The molecule has 1 aliphatic heterocycles. The van der Waals surface area contributed by atoms with E-state index in [1.807, 2.05) is 44.2 Å². The molecule has 5 nitrogen and oxygen atoms in total. The van der Waals surface area contributed by atoms with Crippen molar-refractivity contribution < 1.29 is 9.53 Å². The first-order valence-electron chi connectivity index (χ1n) is 7.53. The molecule has 1 amide bonds. The second kappa shape index (κ2) is 7.02. The molecule has 2 unspecified atom stereocenters. The topological polar surface area (TPSA) is 67.6 Å². The van der Waals surface area contributed by atoms with Gasteiger partial charge in [-0.25, -0.2) is 0 Å². The molecule has 0 radical (unpaired) electrons. The van der Waals surface area contributed by atoms with Crippen molar-refractivity contribution in [3.63, 3.8) is 0 Å². The minimum atomic E-state index is -0.854. The summed E-state index contributed by atoms with van der Waals surface area (Å²) in [6.45, 7) is 7.60. The maximum atomic E-state index is 12.3. The van der Waals surface area contributed by atoms with Gasteiger partial charge >= 0.3 is 0 Å². The van der Waals surface area contributed by atoms with Crippen LogP contribution in [-0.2, 0) is 15.1 Å². The Balaban J connectivity index is 2.28. The van der Waals surface area contributed by atoms with Gasteiger partial charge in [0.25, 0.3) is 0 Å². The average molecular weight is 291 g/mol. The minimum absolute atomic E-state index is 0.182. The van der Waals surface area contributed by atoms with Crippen molar-refractivity contribution in [3.05, 3.63) is 35.9 Å². The number of rotatable bonds is 6. The number of ether oxygens (including phenoxy) is 1. The number of benzene rings is 1. The van der Waals surface area contributed by atoms with Crippen LogP contribution < -0.4 is 11.1 Å². The molecule has 21 heavy (non-hydrogen) atoms. The summed E-state index contributed by atoms with van der Waals surface area (Å²) in [5.41, 5.74) is 5.84. The first kappa shape index (κ1) is 15.9. The highest BCUT2D eigenvalue weighted by atomic mass is 16.5. The smallest absolute Gasteiger partial charge is 0.243 e. The predicted octanol–water partition coefficient (Wildman–Crippen LogP) is 0.697. The lowest BCUT2D eigenvalue weighted by molar-refractivity contribution is -0.126. The van der Waals surface area contributed by atoms with Gasteiger partial charge in [-0.15, -0.1) is 0 Å². The zero-order valence-corrected chi connectivity index (χ0v) is 12.8. The molecule has 1 aromatic rings. The Labute approximate surface area is 126 Å². The van der Waals surface area contributed by atoms with Crippen LogP contribution >= 0.6 is 0 Å². The third-order valence-electron chi connectivity index (χ3n) is 3.95. The molecule has 1 aliphatic rings. The maximum Gasteiger partial charge on any atom is 0.243 e. The third-order valence-corrected chi connectivity index (χ3v) is 3.95. The molecule has 0 spiro atoms. The average Bonchev–Trinajstić information content (AvgIpc) is 2.47. The molecule has 1 heterocycles. The standard InChI is InChI=1S/C16H25N3O2/c1-3-18-16(15(17)20,14-7-5-4-6-8-14)12-19-9-10-21-13(2)11-19/h4-8,13,18H,3,9-12H2,1-2H3,(H2,17,20). The van der Waals surface area contributed by atoms with E-state index in [0.29, 0.717) is 19.7 Å². The van der Waals surface area contributed by atoms with Gasteiger partial charge in [0.05, 0.1) is 12.7 Å². The SMILES string of the molecule is CCNC(CN1CCOC(C)C1)(C(N)=O)c1ccccc1. The predicted molar refractivity (Wildman–Crippen MR) is 82.8 cm³/mol. The molecule has 3 N–H and O–H groups in total. The van der Waals surface area contributed by atoms with Gasteiger partial charge in [0.1, 0.15) is 5.54 Å². The number of nitrogens with two attached hydrogens (primary N) is 1. The van der Waals surface area contributed by atoms with Crippen LogP contribution in [-0.4, -0.2) is 49.7 Å². The monoisotopic (exact) mass is 291 g/mol. The Morgan fingerprint density at radius 1 is 1.48 bits per heavy atom. The quantitative estimate of drug-likeness (QED) is 0.809. The van der Waals surface area contributed by atoms with Gasteiger partial charge in [-0.1, -0.05) is 37.3 Å². The number of nitrogens with zero attached hydrogens (tertiary/aromatic N) is 1. The van der Waals surface area contributed by atoms with Crippen LogP contribution in [0.25, 0.3) is 0 Å². The summed E-state index contributed by atoms with van der Waals surface area (Å²) >= 11 is 0. The van der Waals surface area contributed by atoms with Gasteiger partial charge in [0.2, 0.25) is 5.91 Å². The molecular weight excluding hydrogens is 266 g/mol. The van der Waals surface area contributed by atoms with E-state index in [4.69, 9.17) is 10.5 Å².